The highest BCUT2D eigenvalue weighted by Gasteiger charge is 2.07. The number of hydrogen-bond acceptors (Lipinski definition) is 2. The monoisotopic (exact) mass is 260 g/mol. The predicted octanol–water partition coefficient (Wildman–Crippen LogP) is 2.39. The molecule has 14 heavy (non-hydrogen) atoms. The molecule has 0 fully saturated rings. The highest BCUT2D eigenvalue weighted by Crippen LogP contribution is 2.30. The minimum absolute atomic E-state index is 0.0787. The van der Waals surface area contributed by atoms with Crippen molar-refractivity contribution in [2.75, 3.05) is 0 Å². The smallest absolute Gasteiger partial charge is 0.328 e. The third kappa shape index (κ3) is 2.32. The van der Waals surface area contributed by atoms with Crippen LogP contribution in [0.4, 0.5) is 4.39 Å². The van der Waals surface area contributed by atoms with Crippen LogP contribution in [0.25, 0.3) is 6.08 Å². The Balaban J connectivity index is 3.12. The van der Waals surface area contributed by atoms with Gasteiger partial charge in [0.25, 0.3) is 0 Å². The highest BCUT2D eigenvalue weighted by molar-refractivity contribution is 9.10. The summed E-state index contributed by atoms with van der Waals surface area (Å²) in [5, 5.41) is 17.7. The lowest BCUT2D eigenvalue weighted by Gasteiger charge is -2.01. The molecule has 1 aromatic rings. The molecule has 1 rings (SSSR count). The van der Waals surface area contributed by atoms with Crippen molar-refractivity contribution in [1.82, 2.24) is 0 Å². The first-order chi connectivity index (χ1) is 6.52. The van der Waals surface area contributed by atoms with Crippen LogP contribution in [0.1, 0.15) is 5.56 Å². The summed E-state index contributed by atoms with van der Waals surface area (Å²) in [4.78, 5) is 10.2. The van der Waals surface area contributed by atoms with Gasteiger partial charge in [0, 0.05) is 11.6 Å². The lowest BCUT2D eigenvalue weighted by Crippen LogP contribution is -1.87. The molecular formula is C9H6BrFO3. The van der Waals surface area contributed by atoms with Crippen LogP contribution in [0, 0.1) is 5.82 Å². The van der Waals surface area contributed by atoms with Crippen molar-refractivity contribution < 1.29 is 19.4 Å². The summed E-state index contributed by atoms with van der Waals surface area (Å²) in [6.07, 6.45) is 2.04. The van der Waals surface area contributed by atoms with Gasteiger partial charge in [-0.2, -0.15) is 0 Å². The molecule has 0 aliphatic heterocycles. The summed E-state index contributed by atoms with van der Waals surface area (Å²) < 4.78 is 12.7. The van der Waals surface area contributed by atoms with Crippen molar-refractivity contribution >= 4 is 28.0 Å². The van der Waals surface area contributed by atoms with Crippen LogP contribution in [0.5, 0.6) is 5.75 Å². The molecule has 0 aromatic heterocycles. The van der Waals surface area contributed by atoms with Gasteiger partial charge < -0.3 is 10.2 Å². The molecule has 74 valence electrons. The summed E-state index contributed by atoms with van der Waals surface area (Å²) in [5.74, 6) is -2.05. The van der Waals surface area contributed by atoms with E-state index in [1.54, 1.807) is 0 Å². The van der Waals surface area contributed by atoms with Crippen molar-refractivity contribution in [3.63, 3.8) is 0 Å². The summed E-state index contributed by atoms with van der Waals surface area (Å²) in [6.45, 7) is 0. The number of rotatable bonds is 2. The fourth-order valence-corrected chi connectivity index (χ4v) is 1.21. The Morgan fingerprint density at radius 3 is 2.71 bits per heavy atom. The van der Waals surface area contributed by atoms with E-state index in [0.29, 0.717) is 0 Å². The molecule has 5 heteroatoms. The second-order valence-corrected chi connectivity index (χ2v) is 3.26. The van der Waals surface area contributed by atoms with Crippen LogP contribution in [0.3, 0.4) is 0 Å². The van der Waals surface area contributed by atoms with E-state index in [1.165, 1.54) is 12.1 Å². The number of phenolic OH excluding ortho intramolecular Hbond substituents is 1. The molecule has 0 heterocycles. The van der Waals surface area contributed by atoms with E-state index in [0.717, 1.165) is 12.1 Å². The Morgan fingerprint density at radius 1 is 1.50 bits per heavy atom. The summed E-state index contributed by atoms with van der Waals surface area (Å²) >= 11 is 2.83. The quantitative estimate of drug-likeness (QED) is 0.803. The van der Waals surface area contributed by atoms with Gasteiger partial charge in [0.2, 0.25) is 0 Å². The fourth-order valence-electron chi connectivity index (χ4n) is 0.850. The molecule has 0 aliphatic rings. The molecule has 0 amide bonds. The first-order valence-electron chi connectivity index (χ1n) is 3.60. The molecule has 0 atom stereocenters. The zero-order valence-electron chi connectivity index (χ0n) is 6.87. The molecule has 0 saturated carbocycles. The molecule has 1 aromatic carbocycles. The number of aromatic hydroxyl groups is 1. The number of halogens is 2. The predicted molar refractivity (Wildman–Crippen MR) is 52.4 cm³/mol. The molecule has 0 unspecified atom stereocenters. The van der Waals surface area contributed by atoms with Gasteiger partial charge in [0.15, 0.2) is 0 Å². The Bertz CT molecular complexity index is 401. The lowest BCUT2D eigenvalue weighted by molar-refractivity contribution is -0.131. The molecule has 0 aliphatic carbocycles. The summed E-state index contributed by atoms with van der Waals surface area (Å²) in [7, 11) is 0. The van der Waals surface area contributed by atoms with Crippen molar-refractivity contribution in [3.05, 3.63) is 34.1 Å². The maximum atomic E-state index is 12.8. The normalized spacial score (nSPS) is 10.7. The third-order valence-corrected chi connectivity index (χ3v) is 2.26. The molecule has 2 N–H and O–H groups in total. The standard InChI is InChI=1S/C9H6BrFO3/c10-8-6(11)3-1-5(9(8)14)2-4-7(12)13/h1-4,14H,(H,12,13)/b4-2+. The molecule has 0 spiro atoms. The van der Waals surface area contributed by atoms with E-state index in [9.17, 15) is 14.3 Å². The number of hydrogen-bond donors (Lipinski definition) is 2. The van der Waals surface area contributed by atoms with Gasteiger partial charge in [0.05, 0.1) is 4.47 Å². The molecular weight excluding hydrogens is 255 g/mol. The van der Waals surface area contributed by atoms with Gasteiger partial charge in [-0.25, -0.2) is 9.18 Å². The van der Waals surface area contributed by atoms with E-state index in [-0.39, 0.29) is 15.8 Å². The Labute approximate surface area is 87.6 Å². The first-order valence-corrected chi connectivity index (χ1v) is 4.39. The van der Waals surface area contributed by atoms with Crippen LogP contribution >= 0.6 is 15.9 Å². The molecule has 3 nitrogen and oxygen atoms in total. The maximum Gasteiger partial charge on any atom is 0.328 e. The lowest BCUT2D eigenvalue weighted by atomic mass is 10.2. The minimum atomic E-state index is -1.13. The van der Waals surface area contributed by atoms with Crippen molar-refractivity contribution in [1.29, 1.82) is 0 Å². The van der Waals surface area contributed by atoms with Gasteiger partial charge in [0.1, 0.15) is 11.6 Å². The van der Waals surface area contributed by atoms with E-state index in [2.05, 4.69) is 15.9 Å². The van der Waals surface area contributed by atoms with Crippen LogP contribution < -0.4 is 0 Å². The molecule has 0 radical (unpaired) electrons. The molecule has 0 saturated heterocycles. The van der Waals surface area contributed by atoms with E-state index in [4.69, 9.17) is 5.11 Å². The Hall–Kier alpha value is -1.36. The Morgan fingerprint density at radius 2 is 2.14 bits per heavy atom. The SMILES string of the molecule is O=C(O)/C=C/c1ccc(F)c(Br)c1O. The maximum absolute atomic E-state index is 12.8. The number of phenols is 1. The van der Waals surface area contributed by atoms with Crippen LogP contribution in [0.2, 0.25) is 0 Å². The van der Waals surface area contributed by atoms with Crippen molar-refractivity contribution in [3.8, 4) is 5.75 Å². The first kappa shape index (κ1) is 10.7. The van der Waals surface area contributed by atoms with Gasteiger partial charge in [-0.1, -0.05) is 0 Å². The highest BCUT2D eigenvalue weighted by atomic mass is 79.9. The van der Waals surface area contributed by atoms with Gasteiger partial charge in [-0.05, 0) is 34.1 Å². The zero-order chi connectivity index (χ0) is 10.7. The summed E-state index contributed by atoms with van der Waals surface area (Å²) in [6, 6.07) is 2.42. The van der Waals surface area contributed by atoms with Crippen molar-refractivity contribution in [2.24, 2.45) is 0 Å². The number of carboxylic acids is 1. The molecule has 0 bridgehead atoms. The van der Waals surface area contributed by atoms with E-state index >= 15 is 0 Å². The number of carbonyl (C=O) groups is 1. The Kier molecular flexibility index (Phi) is 3.24. The second kappa shape index (κ2) is 4.23. The number of benzene rings is 1. The average molecular weight is 261 g/mol. The van der Waals surface area contributed by atoms with Crippen LogP contribution in [0.15, 0.2) is 22.7 Å². The van der Waals surface area contributed by atoms with Gasteiger partial charge in [-0.3, -0.25) is 0 Å². The fraction of sp³-hybridized carbons (Fsp3) is 0. The van der Waals surface area contributed by atoms with Crippen molar-refractivity contribution in [2.45, 2.75) is 0 Å². The zero-order valence-corrected chi connectivity index (χ0v) is 8.45. The summed E-state index contributed by atoms with van der Waals surface area (Å²) in [5.41, 5.74) is 0.237. The second-order valence-electron chi connectivity index (χ2n) is 2.47. The average Bonchev–Trinajstić information content (AvgIpc) is 2.13. The largest absolute Gasteiger partial charge is 0.506 e. The van der Waals surface area contributed by atoms with E-state index < -0.39 is 11.8 Å². The van der Waals surface area contributed by atoms with E-state index in [1.807, 2.05) is 0 Å². The third-order valence-electron chi connectivity index (χ3n) is 1.51. The minimum Gasteiger partial charge on any atom is -0.506 e. The number of aliphatic carboxylic acids is 1. The van der Waals surface area contributed by atoms with Crippen LogP contribution in [-0.2, 0) is 4.79 Å². The van der Waals surface area contributed by atoms with Gasteiger partial charge in [-0.15, -0.1) is 0 Å². The number of carboxylic acid groups (broad SMARTS) is 1. The van der Waals surface area contributed by atoms with Gasteiger partial charge >= 0.3 is 5.97 Å². The topological polar surface area (TPSA) is 57.5 Å². The van der Waals surface area contributed by atoms with Crippen LogP contribution in [-0.4, -0.2) is 16.2 Å².